The van der Waals surface area contributed by atoms with Gasteiger partial charge in [-0.15, -0.1) is 11.3 Å². The second-order valence-corrected chi connectivity index (χ2v) is 5.74. The van der Waals surface area contributed by atoms with E-state index in [-0.39, 0.29) is 0 Å². The fourth-order valence-corrected chi connectivity index (χ4v) is 2.91. The summed E-state index contributed by atoms with van der Waals surface area (Å²) < 4.78 is 4.21. The Balaban J connectivity index is 1.81. The molecule has 0 amide bonds. The molecule has 0 atom stereocenters. The fraction of sp³-hybridized carbons (Fsp3) is 0.0625. The van der Waals surface area contributed by atoms with Crippen LogP contribution in [-0.2, 0) is 6.42 Å². The molecule has 112 valence electrons. The summed E-state index contributed by atoms with van der Waals surface area (Å²) in [4.78, 5) is 1.13. The highest BCUT2D eigenvalue weighted by Gasteiger charge is 1.98. The van der Waals surface area contributed by atoms with Crippen molar-refractivity contribution in [2.75, 3.05) is 5.73 Å². The van der Waals surface area contributed by atoms with Crippen molar-refractivity contribution in [1.82, 2.24) is 0 Å². The van der Waals surface area contributed by atoms with Crippen LogP contribution >= 0.6 is 34.2 Å². The van der Waals surface area contributed by atoms with Crippen LogP contribution < -0.4 is 5.73 Å². The predicted octanol–water partition coefficient (Wildman–Crippen LogP) is 4.32. The molecule has 0 unspecified atom stereocenters. The molecular weight excluding hydrogens is 407 g/mol. The minimum atomic E-state index is 0.733. The zero-order chi connectivity index (χ0) is 15.6. The smallest absolute Gasteiger partial charge is 0.0869 e. The van der Waals surface area contributed by atoms with Crippen LogP contribution in [-0.4, -0.2) is 18.1 Å². The van der Waals surface area contributed by atoms with Crippen LogP contribution in [0.1, 0.15) is 10.4 Å². The van der Waals surface area contributed by atoms with Gasteiger partial charge < -0.3 is 5.73 Å². The van der Waals surface area contributed by atoms with Crippen molar-refractivity contribution in [1.29, 1.82) is 0 Å². The van der Waals surface area contributed by atoms with E-state index in [2.05, 4.69) is 13.4 Å². The lowest BCUT2D eigenvalue weighted by Gasteiger charge is -1.95. The van der Waals surface area contributed by atoms with E-state index in [1.807, 2.05) is 76.8 Å². The van der Waals surface area contributed by atoms with Crippen molar-refractivity contribution in [3.05, 3.63) is 64.4 Å². The molecule has 0 saturated heterocycles. The first-order chi connectivity index (χ1) is 10.8. The van der Waals surface area contributed by atoms with Crippen LogP contribution in [0.4, 0.5) is 5.69 Å². The third-order valence-corrected chi connectivity index (χ3v) is 4.14. The van der Waals surface area contributed by atoms with Crippen molar-refractivity contribution in [3.8, 4) is 0 Å². The number of anilines is 1. The Kier molecular flexibility index (Phi) is 6.98. The maximum atomic E-state index is 5.63. The van der Waals surface area contributed by atoms with Gasteiger partial charge in [-0.3, -0.25) is 0 Å². The molecule has 0 bridgehead atoms. The summed E-state index contributed by atoms with van der Waals surface area (Å²) >= 11 is 3.65. The first-order valence-corrected chi connectivity index (χ1v) is 8.43. The van der Waals surface area contributed by atoms with Gasteiger partial charge in [-0.2, -0.15) is 10.2 Å². The van der Waals surface area contributed by atoms with Gasteiger partial charge in [0.1, 0.15) is 0 Å². The Bertz CT molecular complexity index is 685. The molecule has 22 heavy (non-hydrogen) atoms. The minimum Gasteiger partial charge on any atom is -0.399 e. The zero-order valence-electron chi connectivity index (χ0n) is 11.8. The van der Waals surface area contributed by atoms with Crippen molar-refractivity contribution in [3.63, 3.8) is 0 Å². The van der Waals surface area contributed by atoms with E-state index in [0.717, 1.165) is 28.3 Å². The number of hydrogen-bond donors (Lipinski definition) is 1. The Morgan fingerprint density at radius 3 is 2.68 bits per heavy atom. The first kappa shape index (κ1) is 16.6. The van der Waals surface area contributed by atoms with Crippen LogP contribution in [0, 0.1) is 0 Å². The van der Waals surface area contributed by atoms with Gasteiger partial charge in [0, 0.05) is 24.5 Å². The third kappa shape index (κ3) is 5.53. The molecule has 2 N–H and O–H groups in total. The highest BCUT2D eigenvalue weighted by atomic mass is 127. The molecule has 2 aromatic rings. The van der Waals surface area contributed by atoms with Crippen molar-refractivity contribution in [2.45, 2.75) is 6.42 Å². The number of nitrogens with two attached hydrogens (primary N) is 1. The van der Waals surface area contributed by atoms with E-state index in [4.69, 9.17) is 5.73 Å². The average Bonchev–Trinajstić information content (AvgIpc) is 3.06. The van der Waals surface area contributed by atoms with E-state index in [1.165, 1.54) is 0 Å². The zero-order valence-corrected chi connectivity index (χ0v) is 14.7. The normalized spacial score (nSPS) is 12.9. The molecule has 1 aromatic heterocycles. The Hall–Kier alpha value is -1.80. The Morgan fingerprint density at radius 2 is 2.00 bits per heavy atom. The molecule has 6 heteroatoms. The molecular formula is C16H15IN4S. The molecule has 0 aliphatic carbocycles. The largest absolute Gasteiger partial charge is 0.399 e. The Labute approximate surface area is 147 Å². The van der Waals surface area contributed by atoms with Crippen LogP contribution in [0.25, 0.3) is 0 Å². The SMILES string of the molecule is Nc1ccc(C/C=N/N=C/C=C\C(=NI)c2cccs2)cc1. The number of thiophene rings is 1. The van der Waals surface area contributed by atoms with Gasteiger partial charge in [0.05, 0.1) is 33.5 Å². The average molecular weight is 422 g/mol. The molecule has 0 aliphatic heterocycles. The summed E-state index contributed by atoms with van der Waals surface area (Å²) in [5.74, 6) is 0. The van der Waals surface area contributed by atoms with Crippen molar-refractivity contribution >= 4 is 58.0 Å². The number of nitrogen functional groups attached to an aromatic ring is 1. The highest BCUT2D eigenvalue weighted by Crippen LogP contribution is 2.12. The predicted molar refractivity (Wildman–Crippen MR) is 106 cm³/mol. The van der Waals surface area contributed by atoms with E-state index < -0.39 is 0 Å². The number of nitrogens with zero attached hydrogens (tertiary/aromatic N) is 3. The third-order valence-electron chi connectivity index (χ3n) is 2.73. The monoisotopic (exact) mass is 422 g/mol. The summed E-state index contributed by atoms with van der Waals surface area (Å²) in [6.07, 6.45) is 7.89. The summed E-state index contributed by atoms with van der Waals surface area (Å²) in [6.45, 7) is 0. The van der Waals surface area contributed by atoms with E-state index >= 15 is 0 Å². The van der Waals surface area contributed by atoms with E-state index in [0.29, 0.717) is 0 Å². The lowest BCUT2D eigenvalue weighted by Crippen LogP contribution is -1.90. The number of halogens is 1. The summed E-state index contributed by atoms with van der Waals surface area (Å²) in [5.41, 5.74) is 8.48. The van der Waals surface area contributed by atoms with Crippen LogP contribution in [0.5, 0.6) is 0 Å². The van der Waals surface area contributed by atoms with Gasteiger partial charge in [0.15, 0.2) is 0 Å². The second kappa shape index (κ2) is 9.26. The molecule has 0 aliphatic rings. The number of benzene rings is 1. The van der Waals surface area contributed by atoms with Gasteiger partial charge in [0.2, 0.25) is 0 Å². The van der Waals surface area contributed by atoms with Crippen LogP contribution in [0.3, 0.4) is 0 Å². The number of allylic oxidation sites excluding steroid dienone is 2. The number of hydrogen-bond acceptors (Lipinski definition) is 5. The van der Waals surface area contributed by atoms with Gasteiger partial charge >= 0.3 is 0 Å². The maximum absolute atomic E-state index is 5.63. The van der Waals surface area contributed by atoms with Crippen molar-refractivity contribution in [2.24, 2.45) is 13.4 Å². The molecule has 0 fully saturated rings. The van der Waals surface area contributed by atoms with Crippen LogP contribution in [0.2, 0.25) is 0 Å². The second-order valence-electron chi connectivity index (χ2n) is 4.31. The molecule has 1 heterocycles. The lowest BCUT2D eigenvalue weighted by atomic mass is 10.1. The maximum Gasteiger partial charge on any atom is 0.0869 e. The standard InChI is InChI=1S/C16H15IN4S/c17-21-15(16-4-2-12-22-16)3-1-10-19-20-11-9-13-5-7-14(18)8-6-13/h1-8,10-12H,9,18H2/b3-1-,19-10+,20-11+,21-15?. The lowest BCUT2D eigenvalue weighted by molar-refractivity contribution is 1.23. The molecule has 0 saturated carbocycles. The number of rotatable bonds is 6. The summed E-state index contributed by atoms with van der Waals surface area (Å²) in [5, 5.41) is 10.00. The Morgan fingerprint density at radius 1 is 1.18 bits per heavy atom. The van der Waals surface area contributed by atoms with E-state index in [9.17, 15) is 0 Å². The van der Waals surface area contributed by atoms with Gasteiger partial charge in [0.25, 0.3) is 0 Å². The topological polar surface area (TPSA) is 63.1 Å². The first-order valence-electron chi connectivity index (χ1n) is 6.58. The molecule has 1 aromatic carbocycles. The minimum absolute atomic E-state index is 0.733. The molecule has 0 radical (unpaired) electrons. The van der Waals surface area contributed by atoms with Gasteiger partial charge in [-0.05, 0) is 41.3 Å². The molecule has 0 spiro atoms. The van der Waals surface area contributed by atoms with Crippen LogP contribution in [0.15, 0.2) is 67.3 Å². The fourth-order valence-electron chi connectivity index (χ4n) is 1.63. The molecule has 2 rings (SSSR count). The van der Waals surface area contributed by atoms with Gasteiger partial charge in [-0.1, -0.05) is 18.2 Å². The van der Waals surface area contributed by atoms with Crippen molar-refractivity contribution < 1.29 is 0 Å². The molecule has 4 nitrogen and oxygen atoms in total. The van der Waals surface area contributed by atoms with E-state index in [1.54, 1.807) is 23.8 Å². The summed E-state index contributed by atoms with van der Waals surface area (Å²) in [6, 6.07) is 11.8. The van der Waals surface area contributed by atoms with Gasteiger partial charge in [-0.25, -0.2) is 3.21 Å². The highest BCUT2D eigenvalue weighted by molar-refractivity contribution is 14.1. The summed E-state index contributed by atoms with van der Waals surface area (Å²) in [7, 11) is 0. The quantitative estimate of drug-likeness (QED) is 0.320.